The first-order valence-corrected chi connectivity index (χ1v) is 16.3. The van der Waals surface area contributed by atoms with Gasteiger partial charge in [0, 0.05) is 40.7 Å². The van der Waals surface area contributed by atoms with E-state index in [4.69, 9.17) is 4.42 Å². The number of rotatable bonds is 11. The molecule has 1 aliphatic rings. The van der Waals surface area contributed by atoms with Crippen LogP contribution in [0.1, 0.15) is 67.2 Å². The number of benzene rings is 3. The lowest BCUT2D eigenvalue weighted by Crippen LogP contribution is -2.48. The number of aryl methyl sites for hydroxylation is 2. The van der Waals surface area contributed by atoms with Crippen molar-refractivity contribution in [3.8, 4) is 0 Å². The van der Waals surface area contributed by atoms with Crippen LogP contribution in [0.25, 0.3) is 11.0 Å². The van der Waals surface area contributed by atoms with Crippen molar-refractivity contribution in [2.45, 2.75) is 57.8 Å². The summed E-state index contributed by atoms with van der Waals surface area (Å²) in [5, 5.41) is 21.6. The average Bonchev–Trinajstić information content (AvgIpc) is 3.80. The highest BCUT2D eigenvalue weighted by molar-refractivity contribution is 7.09. The number of para-hydroxylation sites is 1. The van der Waals surface area contributed by atoms with Gasteiger partial charge >= 0.3 is 0 Å². The highest BCUT2D eigenvalue weighted by atomic mass is 32.1. The first kappa shape index (κ1) is 30.7. The zero-order valence-electron chi connectivity index (χ0n) is 25.5. The second-order valence-electron chi connectivity index (χ2n) is 11.8. The Hall–Kier alpha value is -4.31. The van der Waals surface area contributed by atoms with Crippen molar-refractivity contribution < 1.29 is 19.1 Å². The van der Waals surface area contributed by atoms with Crippen molar-refractivity contribution in [2.24, 2.45) is 0 Å². The summed E-state index contributed by atoms with van der Waals surface area (Å²) >= 11 is 1.59. The molecule has 0 spiro atoms. The number of nitrogens with one attached hydrogen (secondary N) is 2. The third-order valence-electron chi connectivity index (χ3n) is 8.23. The van der Waals surface area contributed by atoms with Crippen LogP contribution in [0.3, 0.4) is 0 Å². The lowest BCUT2D eigenvalue weighted by atomic mass is 9.99. The largest absolute Gasteiger partial charge is 0.460 e. The molecule has 3 N–H and O–H groups in total. The Morgan fingerprint density at radius 3 is 2.60 bits per heavy atom. The number of furan rings is 1. The number of nitrogens with zero attached hydrogens (tertiary/aromatic N) is 2. The van der Waals surface area contributed by atoms with Gasteiger partial charge in [-0.2, -0.15) is 0 Å². The van der Waals surface area contributed by atoms with E-state index < -0.39 is 12.1 Å². The predicted molar refractivity (Wildman–Crippen MR) is 176 cm³/mol. The maximum atomic E-state index is 13.7. The standard InChI is InChI=1S/C36H38N4O4S/c1-23-15-27(18-28(16-23)36(43)40-14-8-12-31(40)35-38-24(2)22-45-35)34(42)39-30(17-25-9-4-3-5-10-25)32(41)21-37-20-29-19-26-11-6-7-13-33(26)44-29/h3-7,9-11,13,15-16,18-19,22,30-32,37,41H,8,12,14,17,20-21H2,1-2H3,(H,39,42)/t30-,31+,32-/m0/s1. The summed E-state index contributed by atoms with van der Waals surface area (Å²) in [4.78, 5) is 34.0. The molecule has 0 radical (unpaired) electrons. The molecular weight excluding hydrogens is 584 g/mol. The molecule has 3 atom stereocenters. The highest BCUT2D eigenvalue weighted by Crippen LogP contribution is 2.35. The number of carbonyl (C=O) groups is 2. The van der Waals surface area contributed by atoms with Gasteiger partial charge in [-0.15, -0.1) is 11.3 Å². The number of thiazole rings is 1. The highest BCUT2D eigenvalue weighted by Gasteiger charge is 2.33. The molecule has 2 amide bonds. The summed E-state index contributed by atoms with van der Waals surface area (Å²) in [7, 11) is 0. The molecule has 5 aromatic rings. The second kappa shape index (κ2) is 13.8. The van der Waals surface area contributed by atoms with E-state index >= 15 is 0 Å². The minimum Gasteiger partial charge on any atom is -0.460 e. The number of aliphatic hydroxyl groups is 1. The van der Waals surface area contributed by atoms with Crippen LogP contribution >= 0.6 is 11.3 Å². The van der Waals surface area contributed by atoms with Gasteiger partial charge in [-0.1, -0.05) is 48.5 Å². The SMILES string of the molecule is Cc1cc(C(=O)N[C@@H](Cc2ccccc2)[C@@H](O)CNCc2cc3ccccc3o2)cc(C(=O)N2CCC[C@@H]2c2nc(C)cs2)c1. The predicted octanol–water partition coefficient (Wildman–Crippen LogP) is 5.98. The van der Waals surface area contributed by atoms with E-state index in [0.717, 1.165) is 51.4 Å². The summed E-state index contributed by atoms with van der Waals surface area (Å²) in [5.74, 6) is 0.339. The number of aromatic nitrogens is 1. The monoisotopic (exact) mass is 622 g/mol. The molecule has 0 aliphatic carbocycles. The van der Waals surface area contributed by atoms with Crippen molar-refractivity contribution in [1.29, 1.82) is 0 Å². The van der Waals surface area contributed by atoms with Gasteiger partial charge in [-0.3, -0.25) is 9.59 Å². The average molecular weight is 623 g/mol. The molecule has 6 rings (SSSR count). The van der Waals surface area contributed by atoms with Crippen molar-refractivity contribution >= 4 is 34.1 Å². The Balaban J connectivity index is 1.16. The van der Waals surface area contributed by atoms with Crippen molar-refractivity contribution in [1.82, 2.24) is 20.5 Å². The fourth-order valence-electron chi connectivity index (χ4n) is 6.01. The van der Waals surface area contributed by atoms with Gasteiger partial charge < -0.3 is 25.1 Å². The summed E-state index contributed by atoms with van der Waals surface area (Å²) in [6.45, 7) is 5.20. The number of carbonyl (C=O) groups excluding carboxylic acids is 2. The first-order chi connectivity index (χ1) is 21.8. The molecule has 1 aliphatic heterocycles. The van der Waals surface area contributed by atoms with Gasteiger partial charge in [0.2, 0.25) is 0 Å². The van der Waals surface area contributed by atoms with Crippen LogP contribution in [0, 0.1) is 13.8 Å². The van der Waals surface area contributed by atoms with Gasteiger partial charge in [0.25, 0.3) is 11.8 Å². The Labute approximate surface area is 267 Å². The van der Waals surface area contributed by atoms with Crippen LogP contribution in [0.4, 0.5) is 0 Å². The Kier molecular flexibility index (Phi) is 9.39. The third kappa shape index (κ3) is 7.33. The minimum absolute atomic E-state index is 0.0496. The molecule has 0 unspecified atom stereocenters. The number of hydrogen-bond donors (Lipinski definition) is 3. The maximum absolute atomic E-state index is 13.7. The van der Waals surface area contributed by atoms with Crippen molar-refractivity contribution in [2.75, 3.05) is 13.1 Å². The van der Waals surface area contributed by atoms with Crippen LogP contribution in [-0.4, -0.2) is 52.0 Å². The molecule has 1 saturated heterocycles. The quantitative estimate of drug-likeness (QED) is 0.167. The van der Waals surface area contributed by atoms with E-state index in [9.17, 15) is 14.7 Å². The molecule has 45 heavy (non-hydrogen) atoms. The lowest BCUT2D eigenvalue weighted by molar-refractivity contribution is 0.0735. The second-order valence-corrected chi connectivity index (χ2v) is 12.7. The van der Waals surface area contributed by atoms with E-state index in [1.807, 2.05) is 90.9 Å². The van der Waals surface area contributed by atoms with E-state index in [0.29, 0.717) is 30.6 Å². The minimum atomic E-state index is -0.878. The van der Waals surface area contributed by atoms with Gasteiger partial charge in [0.1, 0.15) is 16.4 Å². The van der Waals surface area contributed by atoms with Crippen LogP contribution in [0.5, 0.6) is 0 Å². The molecular formula is C36H38N4O4S. The first-order valence-electron chi connectivity index (χ1n) is 15.4. The van der Waals surface area contributed by atoms with Gasteiger partial charge in [-0.25, -0.2) is 4.98 Å². The number of likely N-dealkylation sites (tertiary alicyclic amines) is 1. The van der Waals surface area contributed by atoms with E-state index in [1.54, 1.807) is 23.5 Å². The number of amides is 2. The Morgan fingerprint density at radius 1 is 1.04 bits per heavy atom. The fourth-order valence-corrected chi connectivity index (χ4v) is 6.95. The van der Waals surface area contributed by atoms with Gasteiger partial charge in [0.15, 0.2) is 0 Å². The van der Waals surface area contributed by atoms with Crippen LogP contribution in [0.2, 0.25) is 0 Å². The number of fused-ring (bicyclic) bond motifs is 1. The number of aliphatic hydroxyl groups excluding tert-OH is 1. The maximum Gasteiger partial charge on any atom is 0.254 e. The molecule has 8 nitrogen and oxygen atoms in total. The third-order valence-corrected chi connectivity index (χ3v) is 9.29. The van der Waals surface area contributed by atoms with Crippen LogP contribution in [0.15, 0.2) is 88.7 Å². The van der Waals surface area contributed by atoms with E-state index in [1.165, 1.54) is 0 Å². The molecule has 9 heteroatoms. The van der Waals surface area contributed by atoms with Gasteiger partial charge in [0.05, 0.1) is 24.7 Å². The van der Waals surface area contributed by atoms with Crippen molar-refractivity contribution in [3.05, 3.63) is 123 Å². The molecule has 2 aromatic heterocycles. The lowest BCUT2D eigenvalue weighted by Gasteiger charge is -2.25. The zero-order valence-corrected chi connectivity index (χ0v) is 26.3. The van der Waals surface area contributed by atoms with E-state index in [-0.39, 0.29) is 24.4 Å². The summed E-state index contributed by atoms with van der Waals surface area (Å²) in [6.07, 6.45) is 1.36. The summed E-state index contributed by atoms with van der Waals surface area (Å²) in [5.41, 5.74) is 4.46. The van der Waals surface area contributed by atoms with Crippen molar-refractivity contribution in [3.63, 3.8) is 0 Å². The zero-order chi connectivity index (χ0) is 31.3. The van der Waals surface area contributed by atoms with E-state index in [2.05, 4.69) is 15.6 Å². The normalized spacial score (nSPS) is 16.2. The fraction of sp³-hybridized carbons (Fsp3) is 0.306. The summed E-state index contributed by atoms with van der Waals surface area (Å²) in [6, 6.07) is 24.2. The van der Waals surface area contributed by atoms with Gasteiger partial charge in [-0.05, 0) is 74.6 Å². The molecule has 232 valence electrons. The molecule has 3 heterocycles. The Morgan fingerprint density at radius 2 is 1.82 bits per heavy atom. The molecule has 1 fully saturated rings. The topological polar surface area (TPSA) is 108 Å². The Bertz CT molecular complexity index is 1750. The van der Waals surface area contributed by atoms with Crippen LogP contribution in [-0.2, 0) is 13.0 Å². The van der Waals surface area contributed by atoms with Crippen LogP contribution < -0.4 is 10.6 Å². The molecule has 0 bridgehead atoms. The molecule has 3 aromatic carbocycles. The smallest absolute Gasteiger partial charge is 0.254 e. The number of hydrogen-bond acceptors (Lipinski definition) is 7. The summed E-state index contributed by atoms with van der Waals surface area (Å²) < 4.78 is 5.89. The molecule has 0 saturated carbocycles.